The average molecular weight is 347 g/mol. The van der Waals surface area contributed by atoms with Crippen molar-refractivity contribution in [2.24, 2.45) is 5.41 Å². The number of nitrogens with zero attached hydrogens (tertiary/aromatic N) is 1. The maximum absolute atomic E-state index is 5.62. The molecule has 2 heterocycles. The van der Waals surface area contributed by atoms with Crippen LogP contribution in [-0.2, 0) is 0 Å². The molecule has 0 N–H and O–H groups in total. The summed E-state index contributed by atoms with van der Waals surface area (Å²) in [6.45, 7) is 11.9. The number of fused-ring (bicyclic) bond motifs is 1. The summed E-state index contributed by atoms with van der Waals surface area (Å²) in [5.41, 5.74) is 1.73. The van der Waals surface area contributed by atoms with E-state index in [1.54, 1.807) is 7.11 Å². The van der Waals surface area contributed by atoms with Crippen LogP contribution in [0.4, 0.5) is 0 Å². The highest BCUT2D eigenvalue weighted by Crippen LogP contribution is 2.46. The molecule has 4 nitrogen and oxygen atoms in total. The Kier molecular flexibility index (Phi) is 5.47. The lowest BCUT2D eigenvalue weighted by molar-refractivity contribution is 0.171. The van der Waals surface area contributed by atoms with Crippen molar-refractivity contribution in [2.45, 2.75) is 65.3 Å². The Morgan fingerprint density at radius 3 is 2.72 bits per heavy atom. The van der Waals surface area contributed by atoms with Gasteiger partial charge in [0, 0.05) is 12.6 Å². The Morgan fingerprint density at radius 2 is 2.04 bits per heavy atom. The van der Waals surface area contributed by atoms with E-state index in [2.05, 4.69) is 44.7 Å². The second-order valence-electron chi connectivity index (χ2n) is 8.25. The lowest BCUT2D eigenvalue weighted by atomic mass is 9.80. The van der Waals surface area contributed by atoms with Crippen molar-refractivity contribution >= 4 is 0 Å². The summed E-state index contributed by atoms with van der Waals surface area (Å²) in [5, 5.41) is 0. The van der Waals surface area contributed by atoms with Crippen LogP contribution < -0.4 is 14.2 Å². The largest absolute Gasteiger partial charge is 0.493 e. The Bertz CT molecular complexity index is 599. The topological polar surface area (TPSA) is 30.9 Å². The number of benzene rings is 1. The lowest BCUT2D eigenvalue weighted by Gasteiger charge is -2.32. The van der Waals surface area contributed by atoms with Gasteiger partial charge in [0.2, 0.25) is 12.5 Å². The van der Waals surface area contributed by atoms with Gasteiger partial charge in [-0.3, -0.25) is 0 Å². The van der Waals surface area contributed by atoms with Gasteiger partial charge in [-0.1, -0.05) is 34.1 Å². The van der Waals surface area contributed by atoms with Crippen LogP contribution in [-0.4, -0.2) is 37.9 Å². The number of likely N-dealkylation sites (tertiary alicyclic amines) is 1. The molecule has 2 atom stereocenters. The van der Waals surface area contributed by atoms with Crippen LogP contribution in [0, 0.1) is 5.41 Å². The molecule has 0 bridgehead atoms. The second kappa shape index (κ2) is 7.45. The van der Waals surface area contributed by atoms with Crippen LogP contribution >= 0.6 is 0 Å². The van der Waals surface area contributed by atoms with Gasteiger partial charge in [0.25, 0.3) is 0 Å². The molecule has 0 unspecified atom stereocenters. The molecule has 0 saturated carbocycles. The smallest absolute Gasteiger partial charge is 0.231 e. The molecule has 1 fully saturated rings. The van der Waals surface area contributed by atoms with Crippen molar-refractivity contribution in [3.8, 4) is 17.2 Å². The molecule has 4 heteroatoms. The molecule has 1 aromatic rings. The van der Waals surface area contributed by atoms with E-state index < -0.39 is 0 Å². The van der Waals surface area contributed by atoms with E-state index in [0.717, 1.165) is 30.3 Å². The summed E-state index contributed by atoms with van der Waals surface area (Å²) in [5.74, 6) is 2.90. The number of methoxy groups -OCH3 is 1. The van der Waals surface area contributed by atoms with Crippen LogP contribution in [0.15, 0.2) is 12.1 Å². The Labute approximate surface area is 152 Å². The van der Waals surface area contributed by atoms with Crippen molar-refractivity contribution in [1.29, 1.82) is 0 Å². The second-order valence-corrected chi connectivity index (χ2v) is 8.25. The Hall–Kier alpha value is -1.42. The number of ether oxygens (including phenoxy) is 3. The molecule has 0 radical (unpaired) electrons. The van der Waals surface area contributed by atoms with Gasteiger partial charge >= 0.3 is 0 Å². The van der Waals surface area contributed by atoms with Crippen molar-refractivity contribution in [2.75, 3.05) is 27.0 Å². The van der Waals surface area contributed by atoms with E-state index in [9.17, 15) is 0 Å². The van der Waals surface area contributed by atoms with E-state index in [1.807, 2.05) is 0 Å². The lowest BCUT2D eigenvalue weighted by Crippen LogP contribution is -2.33. The van der Waals surface area contributed by atoms with Crippen LogP contribution in [0.25, 0.3) is 0 Å². The molecule has 25 heavy (non-hydrogen) atoms. The summed E-state index contributed by atoms with van der Waals surface area (Å²) in [6.07, 6.45) is 5.04. The van der Waals surface area contributed by atoms with Gasteiger partial charge in [-0.15, -0.1) is 0 Å². The SMILES string of the molecule is CCCC(C)(C)C[C@H]1C[C@@H](c2cc(OC)c3c(c2)OCO3)CN1CC. The van der Waals surface area contributed by atoms with Crippen LogP contribution in [0.3, 0.4) is 0 Å². The van der Waals surface area contributed by atoms with Gasteiger partial charge in [0.15, 0.2) is 11.5 Å². The summed E-state index contributed by atoms with van der Waals surface area (Å²) in [4.78, 5) is 2.65. The van der Waals surface area contributed by atoms with Crippen LogP contribution in [0.2, 0.25) is 0 Å². The first-order valence-corrected chi connectivity index (χ1v) is 9.69. The van der Waals surface area contributed by atoms with Crippen LogP contribution in [0.1, 0.15) is 64.9 Å². The molecule has 0 amide bonds. The predicted molar refractivity (Wildman–Crippen MR) is 101 cm³/mol. The van der Waals surface area contributed by atoms with E-state index in [1.165, 1.54) is 31.2 Å². The normalized spacial score (nSPS) is 23.2. The zero-order valence-corrected chi connectivity index (χ0v) is 16.4. The molecule has 2 aliphatic heterocycles. The first-order chi connectivity index (χ1) is 12.0. The third kappa shape index (κ3) is 3.89. The quantitative estimate of drug-likeness (QED) is 0.708. The molecule has 2 aliphatic rings. The van der Waals surface area contributed by atoms with Gasteiger partial charge in [0.05, 0.1) is 7.11 Å². The molecule has 3 rings (SSSR count). The highest BCUT2D eigenvalue weighted by molar-refractivity contribution is 5.55. The zero-order valence-electron chi connectivity index (χ0n) is 16.4. The number of hydrogen-bond acceptors (Lipinski definition) is 4. The number of likely N-dealkylation sites (N-methyl/N-ethyl adjacent to an activating group) is 1. The molecule has 0 aromatic heterocycles. The Balaban J connectivity index is 1.78. The van der Waals surface area contributed by atoms with Crippen molar-refractivity contribution in [1.82, 2.24) is 4.90 Å². The fraction of sp³-hybridized carbons (Fsp3) is 0.714. The molecule has 0 spiro atoms. The standard InChI is InChI=1S/C21H33NO3/c1-6-8-21(3,4)12-17-9-16(13-22(17)7-2)15-10-18(23-5)20-19(11-15)24-14-25-20/h10-11,16-17H,6-9,12-14H2,1-5H3/t16-,17-/m1/s1. The van der Waals surface area contributed by atoms with Crippen LogP contribution in [0.5, 0.6) is 17.2 Å². The number of rotatable bonds is 7. The highest BCUT2D eigenvalue weighted by Gasteiger charge is 2.36. The summed E-state index contributed by atoms with van der Waals surface area (Å²) >= 11 is 0. The van der Waals surface area contributed by atoms with Crippen molar-refractivity contribution in [3.63, 3.8) is 0 Å². The fourth-order valence-electron chi connectivity index (χ4n) is 4.63. The maximum Gasteiger partial charge on any atom is 0.231 e. The predicted octanol–water partition coefficient (Wildman–Crippen LogP) is 4.82. The number of hydrogen-bond donors (Lipinski definition) is 0. The van der Waals surface area contributed by atoms with Crippen molar-refractivity contribution < 1.29 is 14.2 Å². The van der Waals surface area contributed by atoms with E-state index >= 15 is 0 Å². The summed E-state index contributed by atoms with van der Waals surface area (Å²) < 4.78 is 16.7. The molecule has 1 saturated heterocycles. The maximum atomic E-state index is 5.62. The average Bonchev–Trinajstić information content (AvgIpc) is 3.19. The molecule has 1 aromatic carbocycles. The molecule has 0 aliphatic carbocycles. The minimum atomic E-state index is 0.286. The molecular weight excluding hydrogens is 314 g/mol. The first kappa shape index (κ1) is 18.4. The first-order valence-electron chi connectivity index (χ1n) is 9.69. The molecule has 140 valence electrons. The van der Waals surface area contributed by atoms with Gasteiger partial charge < -0.3 is 19.1 Å². The molecular formula is C21H33NO3. The van der Waals surface area contributed by atoms with Crippen molar-refractivity contribution in [3.05, 3.63) is 17.7 Å². The minimum absolute atomic E-state index is 0.286. The van der Waals surface area contributed by atoms with E-state index in [0.29, 0.717) is 17.4 Å². The van der Waals surface area contributed by atoms with E-state index in [-0.39, 0.29) is 6.79 Å². The van der Waals surface area contributed by atoms with E-state index in [4.69, 9.17) is 14.2 Å². The zero-order chi connectivity index (χ0) is 18.0. The minimum Gasteiger partial charge on any atom is -0.493 e. The summed E-state index contributed by atoms with van der Waals surface area (Å²) in [6, 6.07) is 4.96. The summed E-state index contributed by atoms with van der Waals surface area (Å²) in [7, 11) is 1.70. The monoisotopic (exact) mass is 347 g/mol. The highest BCUT2D eigenvalue weighted by atomic mass is 16.7. The fourth-order valence-corrected chi connectivity index (χ4v) is 4.63. The van der Waals surface area contributed by atoms with Gasteiger partial charge in [0.1, 0.15) is 0 Å². The Morgan fingerprint density at radius 1 is 1.24 bits per heavy atom. The van der Waals surface area contributed by atoms with Gasteiger partial charge in [-0.25, -0.2) is 0 Å². The third-order valence-corrected chi connectivity index (χ3v) is 5.80. The third-order valence-electron chi connectivity index (χ3n) is 5.80. The van der Waals surface area contributed by atoms with Gasteiger partial charge in [-0.2, -0.15) is 0 Å². The van der Waals surface area contributed by atoms with Gasteiger partial charge in [-0.05, 0) is 54.8 Å².